The Hall–Kier alpha value is -3.23. The average molecular weight is 448 g/mol. The number of carbonyl (C=O) groups is 1. The van der Waals surface area contributed by atoms with Crippen LogP contribution < -0.4 is 14.8 Å². The van der Waals surface area contributed by atoms with Gasteiger partial charge in [-0.15, -0.1) is 0 Å². The van der Waals surface area contributed by atoms with Crippen LogP contribution in [0.3, 0.4) is 0 Å². The maximum atomic E-state index is 14.8. The number of hydrogen-bond donors (Lipinski definition) is 1. The monoisotopic (exact) mass is 448 g/mol. The molecule has 9 heteroatoms. The largest absolute Gasteiger partial charge is 0.490 e. The number of hydrogen-bond acceptors (Lipinski definition) is 5. The van der Waals surface area contributed by atoms with E-state index >= 15 is 0 Å². The zero-order chi connectivity index (χ0) is 23.0. The molecule has 1 N–H and O–H groups in total. The summed E-state index contributed by atoms with van der Waals surface area (Å²) in [6.07, 6.45) is 0.402. The molecule has 4 rings (SSSR count). The van der Waals surface area contributed by atoms with E-state index in [2.05, 4.69) is 10.3 Å². The molecule has 0 aliphatic heterocycles. The lowest BCUT2D eigenvalue weighted by molar-refractivity contribution is -0.119. The molecule has 0 radical (unpaired) electrons. The highest BCUT2D eigenvalue weighted by atomic mass is 19.1. The van der Waals surface area contributed by atoms with Gasteiger partial charge in [0.25, 0.3) is 0 Å². The molecule has 32 heavy (non-hydrogen) atoms. The van der Waals surface area contributed by atoms with Crippen molar-refractivity contribution < 1.29 is 31.9 Å². The first kappa shape index (κ1) is 22.0. The van der Waals surface area contributed by atoms with Gasteiger partial charge in [-0.25, -0.2) is 13.8 Å². The van der Waals surface area contributed by atoms with E-state index in [4.69, 9.17) is 13.9 Å². The van der Waals surface area contributed by atoms with Gasteiger partial charge in [-0.1, -0.05) is 0 Å². The molecule has 2 unspecified atom stereocenters. The summed E-state index contributed by atoms with van der Waals surface area (Å²) < 4.78 is 59.2. The second-order valence-electron chi connectivity index (χ2n) is 8.29. The lowest BCUT2D eigenvalue weighted by Gasteiger charge is -2.14. The van der Waals surface area contributed by atoms with Gasteiger partial charge in [0.1, 0.15) is 17.8 Å². The lowest BCUT2D eigenvalue weighted by Crippen LogP contribution is -2.35. The topological polar surface area (TPSA) is 73.6 Å². The number of benzene rings is 2. The number of carbonyl (C=O) groups excluding carboxylic acids is 1. The van der Waals surface area contributed by atoms with Crippen LogP contribution in [-0.4, -0.2) is 35.8 Å². The van der Waals surface area contributed by atoms with Crippen LogP contribution in [0.5, 0.6) is 11.5 Å². The average Bonchev–Trinajstić information content (AvgIpc) is 3.12. The molecule has 3 atom stereocenters. The molecule has 6 nitrogen and oxygen atoms in total. The summed E-state index contributed by atoms with van der Waals surface area (Å²) in [5.41, 5.74) is -0.824. The van der Waals surface area contributed by atoms with E-state index < -0.39 is 17.3 Å². The van der Waals surface area contributed by atoms with Gasteiger partial charge in [0.2, 0.25) is 17.6 Å². The van der Waals surface area contributed by atoms with Gasteiger partial charge in [-0.05, 0) is 50.6 Å². The minimum absolute atomic E-state index is 0.00252. The highest BCUT2D eigenvalue weighted by Gasteiger charge is 2.51. The Morgan fingerprint density at radius 1 is 1.28 bits per heavy atom. The van der Waals surface area contributed by atoms with Gasteiger partial charge in [0.15, 0.2) is 22.9 Å². The number of fused-ring (bicyclic) bond motifs is 1. The Bertz CT molecular complexity index is 1160. The molecule has 1 aliphatic carbocycles. The Morgan fingerprint density at radius 2 is 2.00 bits per heavy atom. The van der Waals surface area contributed by atoms with Crippen molar-refractivity contribution in [1.29, 1.82) is 0 Å². The number of alkyl halides is 1. The summed E-state index contributed by atoms with van der Waals surface area (Å²) in [5.74, 6) is -1.85. The van der Waals surface area contributed by atoms with E-state index in [0.29, 0.717) is 12.0 Å². The molecule has 1 fully saturated rings. The fourth-order valence-corrected chi connectivity index (χ4v) is 3.38. The minimum Gasteiger partial charge on any atom is -0.490 e. The number of halogens is 3. The van der Waals surface area contributed by atoms with E-state index in [1.807, 2.05) is 0 Å². The molecular weight excluding hydrogens is 425 g/mol. The maximum absolute atomic E-state index is 14.8. The zero-order valence-corrected chi connectivity index (χ0v) is 17.9. The van der Waals surface area contributed by atoms with Gasteiger partial charge >= 0.3 is 0 Å². The molecule has 1 heterocycles. The number of ether oxygens (including phenoxy) is 2. The second-order valence-corrected chi connectivity index (χ2v) is 8.29. The number of amides is 1. The number of rotatable bonds is 8. The molecule has 2 aromatic carbocycles. The van der Waals surface area contributed by atoms with Crippen LogP contribution in [0.1, 0.15) is 27.2 Å². The minimum atomic E-state index is -1.25. The molecule has 0 spiro atoms. The van der Waals surface area contributed by atoms with Crippen molar-refractivity contribution in [3.8, 4) is 23.0 Å². The number of aromatic nitrogens is 1. The van der Waals surface area contributed by atoms with Gasteiger partial charge in [0, 0.05) is 18.4 Å². The quantitative estimate of drug-likeness (QED) is 0.536. The Balaban J connectivity index is 1.49. The third kappa shape index (κ3) is 4.66. The molecule has 0 bridgehead atoms. The van der Waals surface area contributed by atoms with E-state index in [-0.39, 0.29) is 59.6 Å². The van der Waals surface area contributed by atoms with Gasteiger partial charge in [-0.2, -0.15) is 4.39 Å². The fraction of sp³-hybridized carbons (Fsp3) is 0.391. The van der Waals surface area contributed by atoms with Crippen molar-refractivity contribution in [2.75, 3.05) is 13.2 Å². The van der Waals surface area contributed by atoms with Crippen LogP contribution in [0.25, 0.3) is 22.6 Å². The predicted molar refractivity (Wildman–Crippen MR) is 111 cm³/mol. The summed E-state index contributed by atoms with van der Waals surface area (Å²) in [6.45, 7) is 4.77. The van der Waals surface area contributed by atoms with Crippen molar-refractivity contribution in [3.63, 3.8) is 0 Å². The first-order chi connectivity index (χ1) is 15.1. The number of nitrogens with one attached hydrogen (secondary N) is 1. The normalized spacial score (nSPS) is 20.8. The van der Waals surface area contributed by atoms with E-state index in [1.54, 1.807) is 6.92 Å². The van der Waals surface area contributed by atoms with Gasteiger partial charge in [-0.3, -0.25) is 4.79 Å². The summed E-state index contributed by atoms with van der Waals surface area (Å²) in [6, 6.07) is 6.75. The molecular formula is C23H23F3N2O4. The van der Waals surface area contributed by atoms with Crippen LogP contribution in [0.2, 0.25) is 0 Å². The molecule has 1 aromatic heterocycles. The number of oxazole rings is 1. The maximum Gasteiger partial charge on any atom is 0.227 e. The van der Waals surface area contributed by atoms with Crippen molar-refractivity contribution in [2.45, 2.75) is 38.9 Å². The summed E-state index contributed by atoms with van der Waals surface area (Å²) in [5, 5.41) is 2.64. The Morgan fingerprint density at radius 3 is 2.66 bits per heavy atom. The first-order valence-electron chi connectivity index (χ1n) is 10.2. The van der Waals surface area contributed by atoms with Crippen LogP contribution in [0.15, 0.2) is 34.7 Å². The van der Waals surface area contributed by atoms with Crippen molar-refractivity contribution in [3.05, 3.63) is 42.0 Å². The Kier molecular flexibility index (Phi) is 5.75. The summed E-state index contributed by atoms with van der Waals surface area (Å²) in [7, 11) is 0. The molecule has 1 amide bonds. The Labute approximate surface area is 182 Å². The number of nitrogens with zero attached hydrogens (tertiary/aromatic N) is 1. The van der Waals surface area contributed by atoms with Crippen LogP contribution >= 0.6 is 0 Å². The highest BCUT2D eigenvalue weighted by Crippen LogP contribution is 2.47. The molecule has 1 saturated carbocycles. The van der Waals surface area contributed by atoms with Crippen molar-refractivity contribution in [1.82, 2.24) is 10.3 Å². The van der Waals surface area contributed by atoms with Crippen molar-refractivity contribution in [2.24, 2.45) is 5.92 Å². The van der Waals surface area contributed by atoms with Crippen LogP contribution in [-0.2, 0) is 4.79 Å². The molecule has 170 valence electrons. The first-order valence-corrected chi connectivity index (χ1v) is 10.2. The van der Waals surface area contributed by atoms with Gasteiger partial charge < -0.3 is 19.2 Å². The SMILES string of the molecule is CC(=O)N[C@@H](C)COc1ccc2nc(-c3ccc(OCC4CC4(C)F)c(F)c3)oc2c1F. The second kappa shape index (κ2) is 8.37. The van der Waals surface area contributed by atoms with E-state index in [0.717, 1.165) is 0 Å². The summed E-state index contributed by atoms with van der Waals surface area (Å²) in [4.78, 5) is 15.3. The van der Waals surface area contributed by atoms with E-state index in [9.17, 15) is 18.0 Å². The standard InChI is InChI=1S/C23H23F3N2O4/c1-12(27-13(2)29)10-30-19-7-5-17-21(20(19)25)32-22(28-17)14-4-6-18(16(24)8-14)31-11-15-9-23(15,3)26/h4-8,12,15H,9-11H2,1-3H3,(H,27,29)/t12-,15?,23?/m0/s1. The third-order valence-electron chi connectivity index (χ3n) is 5.36. The molecule has 3 aromatic rings. The van der Waals surface area contributed by atoms with Crippen molar-refractivity contribution >= 4 is 17.0 Å². The van der Waals surface area contributed by atoms with Gasteiger partial charge in [0.05, 0.1) is 12.6 Å². The fourth-order valence-electron chi connectivity index (χ4n) is 3.38. The van der Waals surface area contributed by atoms with Crippen LogP contribution in [0.4, 0.5) is 13.2 Å². The van der Waals surface area contributed by atoms with Crippen LogP contribution in [0, 0.1) is 17.6 Å². The molecule has 0 saturated heterocycles. The molecule has 1 aliphatic rings. The lowest BCUT2D eigenvalue weighted by atomic mass is 10.2. The summed E-state index contributed by atoms with van der Waals surface area (Å²) >= 11 is 0. The predicted octanol–water partition coefficient (Wildman–Crippen LogP) is 4.80. The highest BCUT2D eigenvalue weighted by molar-refractivity contribution is 5.78. The smallest absolute Gasteiger partial charge is 0.227 e. The zero-order valence-electron chi connectivity index (χ0n) is 17.9. The van der Waals surface area contributed by atoms with E-state index in [1.165, 1.54) is 44.2 Å². The third-order valence-corrected chi connectivity index (χ3v) is 5.36.